The van der Waals surface area contributed by atoms with Crippen LogP contribution >= 0.6 is 21.6 Å². The van der Waals surface area contributed by atoms with E-state index < -0.39 is 10.0 Å². The Morgan fingerprint density at radius 2 is 1.26 bits per heavy atom. The van der Waals surface area contributed by atoms with Crippen LogP contribution in [0, 0.1) is 23.7 Å². The first-order valence-electron chi connectivity index (χ1n) is 14.4. The first-order chi connectivity index (χ1) is 18.4. The van der Waals surface area contributed by atoms with Crippen molar-refractivity contribution in [1.82, 2.24) is 0 Å². The summed E-state index contributed by atoms with van der Waals surface area (Å²) in [7, 11) is -1.01. The van der Waals surface area contributed by atoms with Gasteiger partial charge >= 0.3 is 0 Å². The molecular weight excluding hydrogens is 500 g/mol. The van der Waals surface area contributed by atoms with E-state index in [0.29, 0.717) is 0 Å². The van der Waals surface area contributed by atoms with E-state index in [4.69, 9.17) is 11.6 Å². The summed E-state index contributed by atoms with van der Waals surface area (Å²) in [6, 6.07) is 30.6. The Balaban J connectivity index is 1.24. The third-order valence-corrected chi connectivity index (χ3v) is 14.3. The van der Waals surface area contributed by atoms with Gasteiger partial charge in [0.15, 0.2) is 0 Å². The van der Waals surface area contributed by atoms with Crippen molar-refractivity contribution in [3.63, 3.8) is 0 Å². The van der Waals surface area contributed by atoms with Gasteiger partial charge in [-0.2, -0.15) is 10.0 Å². The summed E-state index contributed by atoms with van der Waals surface area (Å²) in [5.41, 5.74) is 11.8. The Morgan fingerprint density at radius 3 is 2.03 bits per heavy atom. The molecule has 1 heterocycles. The molecule has 0 amide bonds. The van der Waals surface area contributed by atoms with E-state index in [2.05, 4.69) is 91.4 Å². The predicted octanol–water partition coefficient (Wildman–Crippen LogP) is 10.2. The molecule has 38 heavy (non-hydrogen) atoms. The van der Waals surface area contributed by atoms with Crippen LogP contribution in [0.4, 0.5) is 0 Å². The van der Waals surface area contributed by atoms with Crippen molar-refractivity contribution < 1.29 is 0 Å². The third-order valence-electron chi connectivity index (χ3n) is 11.2. The van der Waals surface area contributed by atoms with Gasteiger partial charge in [0.1, 0.15) is 0 Å². The maximum absolute atomic E-state index is 6.62. The molecule has 4 fully saturated rings. The molecule has 190 valence electrons. The van der Waals surface area contributed by atoms with Crippen molar-refractivity contribution >= 4 is 21.6 Å². The standard InChI is InChI=1S/C36H33ClS/c1-38(2)34-6-4-3-5-29(34)30-11-8-24(19-35(30)38)23-7-10-28-31-20-27(37)9-12-32(31)36(33(28)18-23)25-14-21-13-22(16-25)17-26(36)15-21/h3-12,18-22,25-26H,13-17H2,1-2H3. The molecule has 2 heteroatoms. The fourth-order valence-electron chi connectivity index (χ4n) is 9.95. The van der Waals surface area contributed by atoms with E-state index in [9.17, 15) is 0 Å². The normalized spacial score (nSPS) is 31.1. The van der Waals surface area contributed by atoms with Crippen LogP contribution < -0.4 is 0 Å². The molecule has 0 saturated heterocycles. The third kappa shape index (κ3) is 2.66. The van der Waals surface area contributed by atoms with Crippen molar-refractivity contribution in [2.45, 2.75) is 47.3 Å². The Labute approximate surface area is 232 Å². The van der Waals surface area contributed by atoms with E-state index in [0.717, 1.165) is 28.7 Å². The summed E-state index contributed by atoms with van der Waals surface area (Å²) >= 11 is 6.62. The lowest BCUT2D eigenvalue weighted by atomic mass is 9.43. The molecule has 5 aliphatic carbocycles. The molecule has 0 unspecified atom stereocenters. The van der Waals surface area contributed by atoms with Crippen molar-refractivity contribution in [2.24, 2.45) is 23.7 Å². The molecule has 4 saturated carbocycles. The highest BCUT2D eigenvalue weighted by Crippen LogP contribution is 2.70. The summed E-state index contributed by atoms with van der Waals surface area (Å²) < 4.78 is 0. The lowest BCUT2D eigenvalue weighted by Gasteiger charge is -2.61. The minimum atomic E-state index is -1.01. The molecule has 0 aromatic heterocycles. The fourth-order valence-corrected chi connectivity index (χ4v) is 12.7. The van der Waals surface area contributed by atoms with Gasteiger partial charge in [0.05, 0.1) is 0 Å². The summed E-state index contributed by atoms with van der Waals surface area (Å²) in [6.07, 6.45) is 12.1. The second-order valence-electron chi connectivity index (χ2n) is 13.2. The topological polar surface area (TPSA) is 0 Å². The highest BCUT2D eigenvalue weighted by atomic mass is 35.5. The van der Waals surface area contributed by atoms with Crippen LogP contribution in [0.1, 0.15) is 43.2 Å². The number of rotatable bonds is 1. The lowest BCUT2D eigenvalue weighted by Crippen LogP contribution is -2.55. The van der Waals surface area contributed by atoms with Crippen LogP contribution in [0.2, 0.25) is 5.02 Å². The van der Waals surface area contributed by atoms with Crippen LogP contribution in [0.25, 0.3) is 33.4 Å². The fraction of sp³-hybridized carbons (Fsp3) is 0.333. The summed E-state index contributed by atoms with van der Waals surface area (Å²) in [4.78, 5) is 3.07. The van der Waals surface area contributed by atoms with Crippen LogP contribution in [0.5, 0.6) is 0 Å². The van der Waals surface area contributed by atoms with E-state index >= 15 is 0 Å². The number of halogens is 1. The largest absolute Gasteiger partial charge is 0.192 e. The first kappa shape index (κ1) is 22.3. The van der Waals surface area contributed by atoms with Crippen molar-refractivity contribution in [2.75, 3.05) is 12.5 Å². The van der Waals surface area contributed by atoms with Crippen LogP contribution in [0.3, 0.4) is 0 Å². The van der Waals surface area contributed by atoms with Crippen LogP contribution in [-0.2, 0) is 5.41 Å². The number of fused-ring (bicyclic) bond motifs is 6. The van der Waals surface area contributed by atoms with Gasteiger partial charge in [0.25, 0.3) is 0 Å². The Hall–Kier alpha value is -2.48. The molecular formula is C36H33ClS. The average Bonchev–Trinajstić information content (AvgIpc) is 3.33. The van der Waals surface area contributed by atoms with E-state index in [1.54, 1.807) is 11.1 Å². The van der Waals surface area contributed by atoms with Gasteiger partial charge in [-0.05, 0) is 143 Å². The molecule has 0 atom stereocenters. The van der Waals surface area contributed by atoms with Gasteiger partial charge in [-0.3, -0.25) is 0 Å². The second-order valence-corrected chi connectivity index (χ2v) is 17.1. The van der Waals surface area contributed by atoms with Crippen molar-refractivity contribution in [3.8, 4) is 33.4 Å². The zero-order valence-electron chi connectivity index (χ0n) is 22.1. The van der Waals surface area contributed by atoms with E-state index in [1.807, 2.05) is 0 Å². The maximum Gasteiger partial charge on any atom is 0.0412 e. The Morgan fingerprint density at radius 1 is 0.605 bits per heavy atom. The molecule has 0 N–H and O–H groups in total. The smallest absolute Gasteiger partial charge is 0.0412 e. The number of hydrogen-bond acceptors (Lipinski definition) is 0. The van der Waals surface area contributed by atoms with Gasteiger partial charge in [-0.25, -0.2) is 0 Å². The van der Waals surface area contributed by atoms with E-state index in [1.165, 1.54) is 75.3 Å². The quantitative estimate of drug-likeness (QED) is 0.229. The Kier molecular flexibility index (Phi) is 4.34. The monoisotopic (exact) mass is 532 g/mol. The molecule has 6 aliphatic rings. The predicted molar refractivity (Wildman–Crippen MR) is 162 cm³/mol. The summed E-state index contributed by atoms with van der Waals surface area (Å²) in [6.45, 7) is 0. The molecule has 10 rings (SSSR count). The zero-order chi connectivity index (χ0) is 25.4. The minimum absolute atomic E-state index is 0.177. The van der Waals surface area contributed by atoms with Gasteiger partial charge in [-0.15, -0.1) is 0 Å². The molecule has 1 aliphatic heterocycles. The zero-order valence-corrected chi connectivity index (χ0v) is 23.7. The molecule has 0 radical (unpaired) electrons. The number of benzene rings is 4. The molecule has 1 spiro atoms. The van der Waals surface area contributed by atoms with Gasteiger partial charge in [0, 0.05) is 20.2 Å². The van der Waals surface area contributed by atoms with E-state index in [-0.39, 0.29) is 5.41 Å². The van der Waals surface area contributed by atoms with Gasteiger partial charge < -0.3 is 0 Å². The molecule has 0 nitrogen and oxygen atoms in total. The van der Waals surface area contributed by atoms with Gasteiger partial charge in [-0.1, -0.05) is 60.1 Å². The van der Waals surface area contributed by atoms with Crippen LogP contribution in [-0.4, -0.2) is 12.5 Å². The van der Waals surface area contributed by atoms with Crippen molar-refractivity contribution in [1.29, 1.82) is 0 Å². The maximum atomic E-state index is 6.62. The second kappa shape index (κ2) is 7.38. The SMILES string of the molecule is CS1(C)c2ccccc2-c2ccc(-c3ccc4c(c3)C3(c5ccc(Cl)cc5-4)C4CC5CC(C4)CC3C5)cc21. The Bertz CT molecular complexity index is 1650. The molecule has 4 aromatic rings. The molecule has 4 bridgehead atoms. The van der Waals surface area contributed by atoms with Crippen LogP contribution in [0.15, 0.2) is 88.7 Å². The summed E-state index contributed by atoms with van der Waals surface area (Å²) in [5, 5.41) is 0.864. The lowest BCUT2D eigenvalue weighted by molar-refractivity contribution is -0.0399. The highest BCUT2D eigenvalue weighted by molar-refractivity contribution is 8.33. The number of hydrogen-bond donors (Lipinski definition) is 0. The minimum Gasteiger partial charge on any atom is -0.192 e. The highest BCUT2D eigenvalue weighted by Gasteiger charge is 2.61. The molecule has 4 aromatic carbocycles. The van der Waals surface area contributed by atoms with Gasteiger partial charge in [0.2, 0.25) is 0 Å². The first-order valence-corrected chi connectivity index (χ1v) is 17.2. The summed E-state index contributed by atoms with van der Waals surface area (Å²) in [5.74, 6) is 3.45. The van der Waals surface area contributed by atoms with Crippen molar-refractivity contribution in [3.05, 3.63) is 95.0 Å². The average molecular weight is 533 g/mol.